The molecule has 1 aromatic rings. The topological polar surface area (TPSA) is 20.2 Å². The molecule has 0 aromatic heterocycles. The Labute approximate surface area is 125 Å². The van der Waals surface area contributed by atoms with Gasteiger partial charge in [-0.3, -0.25) is 0 Å². The van der Waals surface area contributed by atoms with Gasteiger partial charge in [-0.1, -0.05) is 62.3 Å². The second kappa shape index (κ2) is 4.79. The molecular formula is C19H32O. The fourth-order valence-electron chi connectivity index (χ4n) is 3.30. The predicted octanol–water partition coefficient (Wildman–Crippen LogP) is 5.59. The van der Waals surface area contributed by atoms with Crippen molar-refractivity contribution in [3.05, 3.63) is 28.3 Å². The van der Waals surface area contributed by atoms with Crippen LogP contribution < -0.4 is 0 Å². The van der Waals surface area contributed by atoms with Crippen LogP contribution in [-0.2, 0) is 16.2 Å². The van der Waals surface area contributed by atoms with Crippen LogP contribution in [-0.4, -0.2) is 5.11 Å². The van der Waals surface area contributed by atoms with Gasteiger partial charge in [0.2, 0.25) is 0 Å². The van der Waals surface area contributed by atoms with Gasteiger partial charge in [0, 0.05) is 5.56 Å². The maximum absolute atomic E-state index is 10.6. The van der Waals surface area contributed by atoms with E-state index in [1.807, 2.05) is 6.07 Å². The van der Waals surface area contributed by atoms with Crippen molar-refractivity contribution >= 4 is 0 Å². The number of phenolic OH excluding ortho intramolecular Hbond substituents is 1. The molecule has 0 amide bonds. The Bertz CT molecular complexity index is 503. The van der Waals surface area contributed by atoms with Gasteiger partial charge in [-0.05, 0) is 45.9 Å². The third-order valence-corrected chi connectivity index (χ3v) is 3.86. The van der Waals surface area contributed by atoms with Crippen LogP contribution in [0.3, 0.4) is 0 Å². The van der Waals surface area contributed by atoms with Crippen molar-refractivity contribution in [1.82, 2.24) is 0 Å². The van der Waals surface area contributed by atoms with Crippen molar-refractivity contribution in [3.8, 4) is 5.75 Å². The smallest absolute Gasteiger partial charge is 0.119 e. The van der Waals surface area contributed by atoms with Gasteiger partial charge in [-0.25, -0.2) is 0 Å². The number of phenols is 1. The lowest BCUT2D eigenvalue weighted by Crippen LogP contribution is -2.26. The van der Waals surface area contributed by atoms with E-state index in [-0.39, 0.29) is 16.2 Å². The number of hydrogen-bond donors (Lipinski definition) is 1. The molecule has 0 unspecified atom stereocenters. The zero-order valence-electron chi connectivity index (χ0n) is 15.0. The number of hydrogen-bond acceptors (Lipinski definition) is 1. The summed E-state index contributed by atoms with van der Waals surface area (Å²) in [6.07, 6.45) is 0. The predicted molar refractivity (Wildman–Crippen MR) is 88.9 cm³/mol. The third-order valence-electron chi connectivity index (χ3n) is 3.86. The van der Waals surface area contributed by atoms with E-state index in [4.69, 9.17) is 0 Å². The summed E-state index contributed by atoms with van der Waals surface area (Å²) >= 11 is 0. The van der Waals surface area contributed by atoms with Crippen LogP contribution in [0.5, 0.6) is 5.75 Å². The summed E-state index contributed by atoms with van der Waals surface area (Å²) in [4.78, 5) is 0. The first kappa shape index (κ1) is 17.1. The van der Waals surface area contributed by atoms with Crippen molar-refractivity contribution in [1.29, 1.82) is 0 Å². The first-order valence-electron chi connectivity index (χ1n) is 7.55. The first-order valence-corrected chi connectivity index (χ1v) is 7.55. The zero-order valence-corrected chi connectivity index (χ0v) is 15.0. The minimum atomic E-state index is -0.0510. The van der Waals surface area contributed by atoms with Crippen molar-refractivity contribution in [2.45, 2.75) is 85.5 Å². The lowest BCUT2D eigenvalue weighted by molar-refractivity contribution is 0.435. The highest BCUT2D eigenvalue weighted by Gasteiger charge is 2.32. The Morgan fingerprint density at radius 2 is 1.10 bits per heavy atom. The van der Waals surface area contributed by atoms with Crippen LogP contribution in [0, 0.1) is 6.92 Å². The molecule has 1 heteroatoms. The molecule has 0 saturated heterocycles. The highest BCUT2D eigenvalue weighted by atomic mass is 16.3. The number of rotatable bonds is 0. The molecule has 0 radical (unpaired) electrons. The van der Waals surface area contributed by atoms with Gasteiger partial charge in [-0.2, -0.15) is 0 Å². The second-order valence-electron chi connectivity index (χ2n) is 9.07. The molecule has 0 heterocycles. The maximum atomic E-state index is 10.6. The van der Waals surface area contributed by atoms with Crippen LogP contribution in [0.25, 0.3) is 0 Å². The molecule has 1 aromatic carbocycles. The van der Waals surface area contributed by atoms with E-state index in [9.17, 15) is 5.11 Å². The number of benzene rings is 1. The molecule has 1 nitrogen and oxygen atoms in total. The van der Waals surface area contributed by atoms with E-state index < -0.39 is 0 Å². The minimum Gasteiger partial charge on any atom is -0.508 e. The minimum absolute atomic E-state index is 0.0290. The Morgan fingerprint density at radius 3 is 1.40 bits per heavy atom. The molecule has 1 N–H and O–H groups in total. The van der Waals surface area contributed by atoms with Crippen molar-refractivity contribution in [3.63, 3.8) is 0 Å². The summed E-state index contributed by atoms with van der Waals surface area (Å²) in [6.45, 7) is 22.1. The molecule has 0 atom stereocenters. The molecule has 0 saturated carbocycles. The van der Waals surface area contributed by atoms with Crippen LogP contribution in [0.15, 0.2) is 6.07 Å². The van der Waals surface area contributed by atoms with Gasteiger partial charge in [0.15, 0.2) is 0 Å². The van der Waals surface area contributed by atoms with E-state index in [1.165, 1.54) is 16.7 Å². The monoisotopic (exact) mass is 276 g/mol. The summed E-state index contributed by atoms with van der Waals surface area (Å²) in [6, 6.07) is 1.99. The molecule has 114 valence electrons. The summed E-state index contributed by atoms with van der Waals surface area (Å²) in [5.41, 5.74) is 5.01. The quantitative estimate of drug-likeness (QED) is 0.654. The summed E-state index contributed by atoms with van der Waals surface area (Å²) in [7, 11) is 0. The van der Waals surface area contributed by atoms with E-state index in [0.717, 1.165) is 5.56 Å². The van der Waals surface area contributed by atoms with Crippen molar-refractivity contribution in [2.75, 3.05) is 0 Å². The van der Waals surface area contributed by atoms with Gasteiger partial charge in [0.25, 0.3) is 0 Å². The van der Waals surface area contributed by atoms with Crippen molar-refractivity contribution < 1.29 is 5.11 Å². The van der Waals surface area contributed by atoms with E-state index in [1.54, 1.807) is 0 Å². The Hall–Kier alpha value is -0.980. The van der Waals surface area contributed by atoms with Crippen LogP contribution in [0.2, 0.25) is 0 Å². The molecular weight excluding hydrogens is 244 g/mol. The second-order valence-corrected chi connectivity index (χ2v) is 9.07. The van der Waals surface area contributed by atoms with Crippen LogP contribution in [0.1, 0.15) is 84.6 Å². The highest BCUT2D eigenvalue weighted by molar-refractivity contribution is 5.55. The fourth-order valence-corrected chi connectivity index (χ4v) is 3.30. The first-order chi connectivity index (χ1) is 8.67. The molecule has 0 fully saturated rings. The van der Waals surface area contributed by atoms with Crippen molar-refractivity contribution in [2.24, 2.45) is 0 Å². The molecule has 20 heavy (non-hydrogen) atoms. The lowest BCUT2D eigenvalue weighted by Gasteiger charge is -2.35. The van der Waals surface area contributed by atoms with E-state index >= 15 is 0 Å². The summed E-state index contributed by atoms with van der Waals surface area (Å²) in [5, 5.41) is 10.6. The molecule has 0 aliphatic rings. The van der Waals surface area contributed by atoms with E-state index in [0.29, 0.717) is 5.75 Å². The van der Waals surface area contributed by atoms with Gasteiger partial charge in [-0.15, -0.1) is 0 Å². The van der Waals surface area contributed by atoms with Crippen LogP contribution in [0.4, 0.5) is 0 Å². The number of aromatic hydroxyl groups is 1. The molecule has 0 aliphatic carbocycles. The van der Waals surface area contributed by atoms with Gasteiger partial charge in [0.05, 0.1) is 0 Å². The summed E-state index contributed by atoms with van der Waals surface area (Å²) in [5.74, 6) is 0.438. The molecule has 0 aliphatic heterocycles. The average Bonchev–Trinajstić information content (AvgIpc) is 2.09. The largest absolute Gasteiger partial charge is 0.508 e. The Morgan fingerprint density at radius 1 is 0.700 bits per heavy atom. The lowest BCUT2D eigenvalue weighted by atomic mass is 9.69. The normalized spacial score (nSPS) is 13.7. The summed E-state index contributed by atoms with van der Waals surface area (Å²) < 4.78 is 0. The van der Waals surface area contributed by atoms with Gasteiger partial charge in [0.1, 0.15) is 5.75 Å². The molecule has 1 rings (SSSR count). The average molecular weight is 276 g/mol. The van der Waals surface area contributed by atoms with E-state index in [2.05, 4.69) is 69.2 Å². The maximum Gasteiger partial charge on any atom is 0.119 e. The van der Waals surface area contributed by atoms with Gasteiger partial charge >= 0.3 is 0 Å². The Balaban J connectivity index is 3.86. The molecule has 0 bridgehead atoms. The van der Waals surface area contributed by atoms with Crippen LogP contribution >= 0.6 is 0 Å². The fraction of sp³-hybridized carbons (Fsp3) is 0.684. The zero-order chi connectivity index (χ0) is 16.1. The SMILES string of the molecule is Cc1c(C(C)(C)C)c(O)cc(C(C)(C)C)c1C(C)(C)C. The van der Waals surface area contributed by atoms with Gasteiger partial charge < -0.3 is 5.11 Å². The molecule has 0 spiro atoms. The third kappa shape index (κ3) is 3.19. The Kier molecular flexibility index (Phi) is 4.09. The highest BCUT2D eigenvalue weighted by Crippen LogP contribution is 2.44. The standard InChI is InChI=1S/C19H32O/c1-12-15(18(5,6)7)13(17(2,3)4)11-14(20)16(12)19(8,9)10/h11,20H,1-10H3.